The van der Waals surface area contributed by atoms with Gasteiger partial charge in [-0.3, -0.25) is 9.89 Å². The first-order valence-corrected chi connectivity index (χ1v) is 8.80. The maximum Gasteiger partial charge on any atom is 0.191 e. The molecule has 3 unspecified atom stereocenters. The molecule has 23 heavy (non-hydrogen) atoms. The molecule has 5 nitrogen and oxygen atoms in total. The molecule has 0 aromatic rings. The number of hydrogen-bond acceptors (Lipinski definition) is 3. The van der Waals surface area contributed by atoms with Crippen LogP contribution in [0.3, 0.4) is 0 Å². The molecular weight excluding hydrogens is 401 g/mol. The highest BCUT2D eigenvalue weighted by Gasteiger charge is 2.31. The molecule has 0 bridgehead atoms. The Morgan fingerprint density at radius 2 is 1.96 bits per heavy atom. The van der Waals surface area contributed by atoms with Gasteiger partial charge in [0.05, 0.1) is 0 Å². The summed E-state index contributed by atoms with van der Waals surface area (Å²) >= 11 is 0. The molecule has 0 aromatic heterocycles. The zero-order valence-corrected chi connectivity index (χ0v) is 18.4. The first-order chi connectivity index (χ1) is 10.4. The van der Waals surface area contributed by atoms with E-state index in [1.165, 1.54) is 13.0 Å². The number of nitrogens with zero attached hydrogens (tertiary/aromatic N) is 3. The van der Waals surface area contributed by atoms with Gasteiger partial charge in [0.25, 0.3) is 0 Å². The Balaban J connectivity index is 0.00000484. The number of nitrogens with one attached hydrogen (secondary N) is 2. The van der Waals surface area contributed by atoms with E-state index in [1.807, 2.05) is 7.05 Å². The monoisotopic (exact) mass is 439 g/mol. The predicted octanol–water partition coefficient (Wildman–Crippen LogP) is 2.23. The van der Waals surface area contributed by atoms with Crippen molar-refractivity contribution in [1.29, 1.82) is 0 Å². The summed E-state index contributed by atoms with van der Waals surface area (Å²) in [7, 11) is 4.04. The number of aliphatic imine (C=N–C) groups is 1. The first kappa shape index (κ1) is 22.9. The lowest BCUT2D eigenvalue weighted by Gasteiger charge is -2.25. The molecule has 0 amide bonds. The largest absolute Gasteiger partial charge is 0.355 e. The number of likely N-dealkylation sites (N-methyl/N-ethyl adjacent to an activating group) is 1. The molecule has 6 heteroatoms. The quantitative estimate of drug-likeness (QED) is 0.363. The van der Waals surface area contributed by atoms with E-state index in [0.717, 1.165) is 25.6 Å². The van der Waals surface area contributed by atoms with Gasteiger partial charge in [-0.15, -0.1) is 24.0 Å². The zero-order valence-electron chi connectivity index (χ0n) is 16.1. The van der Waals surface area contributed by atoms with Crippen LogP contribution in [0.5, 0.6) is 0 Å². The third kappa shape index (κ3) is 7.56. The molecule has 0 saturated carbocycles. The molecule has 1 aliphatic rings. The number of guanidine groups is 1. The van der Waals surface area contributed by atoms with Crippen molar-refractivity contribution in [3.05, 3.63) is 0 Å². The van der Waals surface area contributed by atoms with E-state index >= 15 is 0 Å². The second-order valence-electron chi connectivity index (χ2n) is 7.01. The molecule has 3 atom stereocenters. The van der Waals surface area contributed by atoms with Gasteiger partial charge in [-0.1, -0.05) is 13.8 Å². The summed E-state index contributed by atoms with van der Waals surface area (Å²) in [6.07, 6.45) is 1.19. The summed E-state index contributed by atoms with van der Waals surface area (Å²) in [5.74, 6) is 1.59. The summed E-state index contributed by atoms with van der Waals surface area (Å²) < 4.78 is 0. The van der Waals surface area contributed by atoms with Crippen molar-refractivity contribution in [2.75, 3.05) is 40.3 Å². The van der Waals surface area contributed by atoms with Crippen LogP contribution < -0.4 is 10.6 Å². The van der Waals surface area contributed by atoms with Crippen molar-refractivity contribution in [2.45, 2.75) is 59.2 Å². The van der Waals surface area contributed by atoms with Crippen LogP contribution in [0.1, 0.15) is 41.0 Å². The molecule has 0 spiro atoms. The smallest absolute Gasteiger partial charge is 0.191 e. The highest BCUT2D eigenvalue weighted by atomic mass is 127. The first-order valence-electron chi connectivity index (χ1n) is 8.80. The van der Waals surface area contributed by atoms with Gasteiger partial charge in [0.2, 0.25) is 0 Å². The molecule has 1 rings (SSSR count). The van der Waals surface area contributed by atoms with E-state index in [-0.39, 0.29) is 24.0 Å². The SMILES string of the molecule is CCC(C)N(C)CCNC(=NC)NC1CN(C(C)C)CC1C.I. The van der Waals surface area contributed by atoms with Gasteiger partial charge in [-0.2, -0.15) is 0 Å². The number of hydrogen-bond donors (Lipinski definition) is 2. The molecule has 1 saturated heterocycles. The summed E-state index contributed by atoms with van der Waals surface area (Å²) in [4.78, 5) is 9.30. The maximum atomic E-state index is 4.38. The number of halogens is 1. The van der Waals surface area contributed by atoms with E-state index in [1.54, 1.807) is 0 Å². The van der Waals surface area contributed by atoms with Crippen molar-refractivity contribution in [1.82, 2.24) is 20.4 Å². The Morgan fingerprint density at radius 1 is 1.30 bits per heavy atom. The van der Waals surface area contributed by atoms with E-state index < -0.39 is 0 Å². The van der Waals surface area contributed by atoms with Crippen LogP contribution in [0.4, 0.5) is 0 Å². The van der Waals surface area contributed by atoms with Crippen LogP contribution in [-0.4, -0.2) is 74.2 Å². The summed E-state index contributed by atoms with van der Waals surface area (Å²) in [6, 6.07) is 1.74. The third-order valence-electron chi connectivity index (χ3n) is 5.02. The van der Waals surface area contributed by atoms with Crippen LogP contribution in [0.15, 0.2) is 4.99 Å². The van der Waals surface area contributed by atoms with Gasteiger partial charge in [0, 0.05) is 51.4 Å². The standard InChI is InChI=1S/C17H37N5.HI/c1-8-15(5)21(7)10-9-19-17(18-6)20-16-12-22(13(2)3)11-14(16)4;/h13-16H,8-12H2,1-7H3,(H2,18,19,20);1H. The van der Waals surface area contributed by atoms with Crippen LogP contribution in [0, 0.1) is 5.92 Å². The topological polar surface area (TPSA) is 42.9 Å². The normalized spacial score (nSPS) is 24.0. The lowest BCUT2D eigenvalue weighted by molar-refractivity contribution is 0.255. The van der Waals surface area contributed by atoms with Gasteiger partial charge < -0.3 is 15.5 Å². The molecule has 138 valence electrons. The second-order valence-corrected chi connectivity index (χ2v) is 7.01. The van der Waals surface area contributed by atoms with Crippen LogP contribution in [-0.2, 0) is 0 Å². The maximum absolute atomic E-state index is 4.38. The van der Waals surface area contributed by atoms with Gasteiger partial charge in [-0.05, 0) is 40.2 Å². The van der Waals surface area contributed by atoms with Crippen molar-refractivity contribution in [3.8, 4) is 0 Å². The summed E-state index contributed by atoms with van der Waals surface area (Å²) in [5, 5.41) is 7.05. The van der Waals surface area contributed by atoms with Gasteiger partial charge >= 0.3 is 0 Å². The molecule has 1 fully saturated rings. The average molecular weight is 439 g/mol. The lowest BCUT2D eigenvalue weighted by atomic mass is 10.1. The minimum Gasteiger partial charge on any atom is -0.355 e. The van der Waals surface area contributed by atoms with Gasteiger partial charge in [-0.25, -0.2) is 0 Å². The molecule has 1 aliphatic heterocycles. The van der Waals surface area contributed by atoms with E-state index in [0.29, 0.717) is 24.0 Å². The minimum absolute atomic E-state index is 0. The van der Waals surface area contributed by atoms with Gasteiger partial charge in [0.15, 0.2) is 5.96 Å². The Bertz CT molecular complexity index is 348. The van der Waals surface area contributed by atoms with Crippen molar-refractivity contribution >= 4 is 29.9 Å². The fourth-order valence-corrected chi connectivity index (χ4v) is 2.87. The number of rotatable bonds is 7. The Labute approximate surface area is 160 Å². The number of likely N-dealkylation sites (tertiary alicyclic amines) is 1. The van der Waals surface area contributed by atoms with Crippen molar-refractivity contribution in [2.24, 2.45) is 10.9 Å². The third-order valence-corrected chi connectivity index (χ3v) is 5.02. The van der Waals surface area contributed by atoms with Crippen molar-refractivity contribution < 1.29 is 0 Å². The summed E-state index contributed by atoms with van der Waals surface area (Å²) in [6.45, 7) is 15.6. The highest BCUT2D eigenvalue weighted by Crippen LogP contribution is 2.18. The highest BCUT2D eigenvalue weighted by molar-refractivity contribution is 14.0. The second kappa shape index (κ2) is 11.5. The Hall–Kier alpha value is -0.0800. The molecular formula is C17H38IN5. The van der Waals surface area contributed by atoms with Crippen LogP contribution in [0.25, 0.3) is 0 Å². The molecule has 0 radical (unpaired) electrons. The lowest BCUT2D eigenvalue weighted by Crippen LogP contribution is -2.48. The van der Waals surface area contributed by atoms with Gasteiger partial charge in [0.1, 0.15) is 0 Å². The fraction of sp³-hybridized carbons (Fsp3) is 0.941. The predicted molar refractivity (Wildman–Crippen MR) is 112 cm³/mol. The summed E-state index contributed by atoms with van der Waals surface area (Å²) in [5.41, 5.74) is 0. The van der Waals surface area contributed by atoms with E-state index in [9.17, 15) is 0 Å². The Kier molecular flexibility index (Phi) is 11.4. The zero-order chi connectivity index (χ0) is 16.7. The minimum atomic E-state index is 0. The molecule has 1 heterocycles. The molecule has 0 aromatic carbocycles. The van der Waals surface area contributed by atoms with E-state index in [4.69, 9.17) is 0 Å². The van der Waals surface area contributed by atoms with Crippen LogP contribution in [0.2, 0.25) is 0 Å². The van der Waals surface area contributed by atoms with E-state index in [2.05, 4.69) is 67.1 Å². The fourth-order valence-electron chi connectivity index (χ4n) is 2.87. The van der Waals surface area contributed by atoms with Crippen LogP contribution >= 0.6 is 24.0 Å². The molecule has 2 N–H and O–H groups in total. The molecule has 0 aliphatic carbocycles. The average Bonchev–Trinajstić information content (AvgIpc) is 2.86. The van der Waals surface area contributed by atoms with Crippen molar-refractivity contribution in [3.63, 3.8) is 0 Å². The Morgan fingerprint density at radius 3 is 2.43 bits per heavy atom.